The number of pyridine rings is 1. The molecular formula is C16H15NO2. The number of aliphatic carboxylic acids is 1. The van der Waals surface area contributed by atoms with Crippen molar-refractivity contribution in [3.05, 3.63) is 65.0 Å². The van der Waals surface area contributed by atoms with Crippen molar-refractivity contribution in [3.63, 3.8) is 0 Å². The SMILES string of the molecule is O=C(O)C1Cc2ccc(Cc3ccccc3)nc2C1. The molecule has 0 bridgehead atoms. The van der Waals surface area contributed by atoms with E-state index in [0.717, 1.165) is 23.4 Å². The van der Waals surface area contributed by atoms with Crippen LogP contribution in [0.15, 0.2) is 42.5 Å². The van der Waals surface area contributed by atoms with Crippen molar-refractivity contribution in [1.82, 2.24) is 4.98 Å². The Kier molecular flexibility index (Phi) is 3.03. The van der Waals surface area contributed by atoms with Crippen LogP contribution in [0.4, 0.5) is 0 Å². The van der Waals surface area contributed by atoms with Crippen LogP contribution >= 0.6 is 0 Å². The van der Waals surface area contributed by atoms with Crippen molar-refractivity contribution in [3.8, 4) is 0 Å². The molecule has 1 heterocycles. The second-order valence-corrected chi connectivity index (χ2v) is 5.01. The lowest BCUT2D eigenvalue weighted by molar-refractivity contribution is -0.141. The van der Waals surface area contributed by atoms with E-state index in [4.69, 9.17) is 5.11 Å². The predicted molar refractivity (Wildman–Crippen MR) is 72.0 cm³/mol. The lowest BCUT2D eigenvalue weighted by Crippen LogP contribution is -2.13. The summed E-state index contributed by atoms with van der Waals surface area (Å²) >= 11 is 0. The Hall–Kier alpha value is -2.16. The van der Waals surface area contributed by atoms with Gasteiger partial charge in [0, 0.05) is 24.2 Å². The highest BCUT2D eigenvalue weighted by atomic mass is 16.4. The number of carbonyl (C=O) groups is 1. The summed E-state index contributed by atoms with van der Waals surface area (Å²) in [7, 11) is 0. The number of fused-ring (bicyclic) bond motifs is 1. The van der Waals surface area contributed by atoms with Crippen molar-refractivity contribution < 1.29 is 9.90 Å². The monoisotopic (exact) mass is 253 g/mol. The minimum Gasteiger partial charge on any atom is -0.481 e. The topological polar surface area (TPSA) is 50.2 Å². The fourth-order valence-corrected chi connectivity index (χ4v) is 2.59. The highest BCUT2D eigenvalue weighted by Crippen LogP contribution is 2.26. The van der Waals surface area contributed by atoms with Crippen LogP contribution in [0.2, 0.25) is 0 Å². The number of carboxylic acid groups (broad SMARTS) is 1. The molecule has 0 aliphatic heterocycles. The molecule has 3 heteroatoms. The van der Waals surface area contributed by atoms with Crippen molar-refractivity contribution in [1.29, 1.82) is 0 Å². The molecule has 1 aromatic heterocycles. The molecule has 19 heavy (non-hydrogen) atoms. The van der Waals surface area contributed by atoms with Crippen LogP contribution in [-0.2, 0) is 24.1 Å². The van der Waals surface area contributed by atoms with Gasteiger partial charge in [-0.1, -0.05) is 36.4 Å². The molecule has 2 aromatic rings. The molecule has 3 nitrogen and oxygen atoms in total. The molecule has 1 unspecified atom stereocenters. The Morgan fingerprint density at radius 3 is 2.68 bits per heavy atom. The van der Waals surface area contributed by atoms with E-state index in [9.17, 15) is 4.79 Å². The fraction of sp³-hybridized carbons (Fsp3) is 0.250. The molecule has 0 radical (unpaired) electrons. The maximum Gasteiger partial charge on any atom is 0.307 e. The van der Waals surface area contributed by atoms with Gasteiger partial charge in [-0.3, -0.25) is 9.78 Å². The molecule has 1 aliphatic rings. The minimum absolute atomic E-state index is 0.297. The van der Waals surface area contributed by atoms with Gasteiger partial charge in [-0.25, -0.2) is 0 Å². The van der Waals surface area contributed by atoms with Crippen molar-refractivity contribution in [2.75, 3.05) is 0 Å². The van der Waals surface area contributed by atoms with Crippen LogP contribution in [0.5, 0.6) is 0 Å². The van der Waals surface area contributed by atoms with Crippen molar-refractivity contribution in [2.24, 2.45) is 5.92 Å². The standard InChI is InChI=1S/C16H15NO2/c18-16(19)13-9-12-6-7-14(17-15(12)10-13)8-11-4-2-1-3-5-11/h1-7,13H,8-10H2,(H,18,19). The van der Waals surface area contributed by atoms with Gasteiger partial charge in [0.1, 0.15) is 0 Å². The first kappa shape index (κ1) is 11.9. The van der Waals surface area contributed by atoms with Gasteiger partial charge >= 0.3 is 5.97 Å². The van der Waals surface area contributed by atoms with Crippen LogP contribution < -0.4 is 0 Å². The summed E-state index contributed by atoms with van der Waals surface area (Å²) in [5.74, 6) is -1.02. The summed E-state index contributed by atoms with van der Waals surface area (Å²) in [5, 5.41) is 9.06. The van der Waals surface area contributed by atoms with Crippen LogP contribution in [0.25, 0.3) is 0 Å². The van der Waals surface area contributed by atoms with Gasteiger partial charge in [-0.2, -0.15) is 0 Å². The minimum atomic E-state index is -0.720. The zero-order valence-electron chi connectivity index (χ0n) is 10.5. The van der Waals surface area contributed by atoms with E-state index >= 15 is 0 Å². The molecule has 0 saturated heterocycles. The molecule has 1 aromatic carbocycles. The third-order valence-corrected chi connectivity index (χ3v) is 3.61. The van der Waals surface area contributed by atoms with Crippen LogP contribution in [0, 0.1) is 5.92 Å². The summed E-state index contributed by atoms with van der Waals surface area (Å²) in [6.45, 7) is 0. The van der Waals surface area contributed by atoms with Crippen LogP contribution in [0.3, 0.4) is 0 Å². The number of carboxylic acids is 1. The van der Waals surface area contributed by atoms with E-state index < -0.39 is 5.97 Å². The van der Waals surface area contributed by atoms with Gasteiger partial charge in [0.05, 0.1) is 5.92 Å². The average molecular weight is 253 g/mol. The summed E-state index contributed by atoms with van der Waals surface area (Å²) < 4.78 is 0. The maximum absolute atomic E-state index is 11.0. The van der Waals surface area contributed by atoms with Gasteiger partial charge in [-0.15, -0.1) is 0 Å². The van der Waals surface area contributed by atoms with Crippen LogP contribution in [-0.4, -0.2) is 16.1 Å². The second-order valence-electron chi connectivity index (χ2n) is 5.01. The maximum atomic E-state index is 11.0. The summed E-state index contributed by atoms with van der Waals surface area (Å²) in [5.41, 5.74) is 4.28. The molecule has 96 valence electrons. The lowest BCUT2D eigenvalue weighted by atomic mass is 10.1. The third-order valence-electron chi connectivity index (χ3n) is 3.61. The number of nitrogens with zero attached hydrogens (tertiary/aromatic N) is 1. The molecular weight excluding hydrogens is 238 g/mol. The summed E-state index contributed by atoms with van der Waals surface area (Å²) in [4.78, 5) is 15.6. The molecule has 3 rings (SSSR count). The molecule has 1 aliphatic carbocycles. The Morgan fingerprint density at radius 1 is 1.16 bits per heavy atom. The Balaban J connectivity index is 1.80. The Labute approximate surface area is 111 Å². The van der Waals surface area contributed by atoms with E-state index in [1.54, 1.807) is 0 Å². The first-order valence-electron chi connectivity index (χ1n) is 6.47. The quantitative estimate of drug-likeness (QED) is 0.914. The van der Waals surface area contributed by atoms with E-state index in [1.807, 2.05) is 30.3 Å². The molecule has 1 atom stereocenters. The molecule has 1 N–H and O–H groups in total. The smallest absolute Gasteiger partial charge is 0.307 e. The van der Waals surface area contributed by atoms with Crippen molar-refractivity contribution >= 4 is 5.97 Å². The van der Waals surface area contributed by atoms with E-state index in [1.165, 1.54) is 5.56 Å². The van der Waals surface area contributed by atoms with Gasteiger partial charge in [0.25, 0.3) is 0 Å². The summed E-state index contributed by atoms with van der Waals surface area (Å²) in [6, 6.07) is 14.2. The normalized spacial score (nSPS) is 17.2. The number of rotatable bonds is 3. The zero-order chi connectivity index (χ0) is 13.2. The molecule has 0 amide bonds. The van der Waals surface area contributed by atoms with E-state index in [-0.39, 0.29) is 5.92 Å². The Morgan fingerprint density at radius 2 is 1.95 bits per heavy atom. The third kappa shape index (κ3) is 2.50. The summed E-state index contributed by atoms with van der Waals surface area (Å²) in [6.07, 6.45) is 1.97. The molecule has 0 spiro atoms. The molecule has 0 fully saturated rings. The first-order chi connectivity index (χ1) is 9.22. The number of hydrogen-bond acceptors (Lipinski definition) is 2. The fourth-order valence-electron chi connectivity index (χ4n) is 2.59. The van der Waals surface area contributed by atoms with Gasteiger partial charge in [0.2, 0.25) is 0 Å². The Bertz CT molecular complexity index is 607. The van der Waals surface area contributed by atoms with Crippen molar-refractivity contribution in [2.45, 2.75) is 19.3 Å². The van der Waals surface area contributed by atoms with E-state index in [2.05, 4.69) is 17.1 Å². The number of hydrogen-bond donors (Lipinski definition) is 1. The van der Waals surface area contributed by atoms with E-state index in [0.29, 0.717) is 12.8 Å². The van der Waals surface area contributed by atoms with Gasteiger partial charge < -0.3 is 5.11 Å². The predicted octanol–water partition coefficient (Wildman–Crippen LogP) is 2.47. The number of aromatic nitrogens is 1. The first-order valence-corrected chi connectivity index (χ1v) is 6.47. The highest BCUT2D eigenvalue weighted by molar-refractivity contribution is 5.72. The molecule has 0 saturated carbocycles. The lowest BCUT2D eigenvalue weighted by Gasteiger charge is -2.04. The van der Waals surface area contributed by atoms with Gasteiger partial charge in [0.15, 0.2) is 0 Å². The second kappa shape index (κ2) is 4.84. The number of benzene rings is 1. The van der Waals surface area contributed by atoms with Gasteiger partial charge in [-0.05, 0) is 23.6 Å². The highest BCUT2D eigenvalue weighted by Gasteiger charge is 2.28. The largest absolute Gasteiger partial charge is 0.481 e. The average Bonchev–Trinajstić information content (AvgIpc) is 2.83. The zero-order valence-corrected chi connectivity index (χ0v) is 10.5. The van der Waals surface area contributed by atoms with Crippen LogP contribution in [0.1, 0.15) is 22.5 Å².